The number of nitrogens with one attached hydrogen (secondary N) is 2. The summed E-state index contributed by atoms with van der Waals surface area (Å²) in [5.74, 6) is -0.0916. The van der Waals surface area contributed by atoms with Gasteiger partial charge in [-0.2, -0.15) is 0 Å². The maximum atomic E-state index is 13.6. The molecule has 13 heteroatoms. The van der Waals surface area contributed by atoms with Gasteiger partial charge in [-0.3, -0.25) is 9.48 Å². The summed E-state index contributed by atoms with van der Waals surface area (Å²) in [4.78, 5) is 37.0. The van der Waals surface area contributed by atoms with Gasteiger partial charge in [-0.05, 0) is 72.6 Å². The van der Waals surface area contributed by atoms with E-state index in [2.05, 4.69) is 30.9 Å². The summed E-state index contributed by atoms with van der Waals surface area (Å²) in [6, 6.07) is 32.1. The Morgan fingerprint density at radius 1 is 0.877 bits per heavy atom. The van der Waals surface area contributed by atoms with Gasteiger partial charge >= 0.3 is 5.97 Å². The zero-order valence-corrected chi connectivity index (χ0v) is 31.9. The van der Waals surface area contributed by atoms with Crippen molar-refractivity contribution in [2.24, 2.45) is 0 Å². The van der Waals surface area contributed by atoms with Gasteiger partial charge < -0.3 is 25.1 Å². The number of para-hydroxylation sites is 1. The van der Waals surface area contributed by atoms with Crippen LogP contribution in [0.2, 0.25) is 0 Å². The number of aromatic carboxylic acids is 1. The van der Waals surface area contributed by atoms with Crippen molar-refractivity contribution >= 4 is 50.9 Å². The van der Waals surface area contributed by atoms with Crippen molar-refractivity contribution in [1.29, 1.82) is 0 Å². The van der Waals surface area contributed by atoms with Crippen molar-refractivity contribution in [3.8, 4) is 33.7 Å². The maximum absolute atomic E-state index is 13.6. The van der Waals surface area contributed by atoms with Crippen LogP contribution in [0, 0.1) is 0 Å². The number of aromatic nitrogens is 5. The first-order valence-corrected chi connectivity index (χ1v) is 18.4. The lowest BCUT2D eigenvalue weighted by Gasteiger charge is -2.19. The highest BCUT2D eigenvalue weighted by Crippen LogP contribution is 2.42. The van der Waals surface area contributed by atoms with Gasteiger partial charge in [0.15, 0.2) is 0 Å². The molecule has 1 aliphatic heterocycles. The predicted octanol–water partition coefficient (Wildman–Crippen LogP) is 6.77. The average Bonchev–Trinajstić information content (AvgIpc) is 3.70. The Bertz CT molecular complexity index is 2850. The van der Waals surface area contributed by atoms with Gasteiger partial charge in [-0.15, -0.1) is 5.10 Å². The number of anilines is 3. The van der Waals surface area contributed by atoms with Crippen molar-refractivity contribution in [3.63, 3.8) is 0 Å². The number of amides is 1. The molecule has 3 N–H and O–H groups in total. The molecule has 57 heavy (non-hydrogen) atoms. The third kappa shape index (κ3) is 7.50. The smallest absolute Gasteiger partial charge is 0.336 e. The molecule has 4 aromatic carbocycles. The highest BCUT2D eigenvalue weighted by Gasteiger charge is 2.24. The Morgan fingerprint density at radius 3 is 2.56 bits per heavy atom. The monoisotopic (exact) mass is 758 g/mol. The molecule has 284 valence electrons. The van der Waals surface area contributed by atoms with Crippen molar-refractivity contribution in [2.75, 3.05) is 45.0 Å². The van der Waals surface area contributed by atoms with Gasteiger partial charge in [-0.1, -0.05) is 29.5 Å². The topological polar surface area (TPSA) is 154 Å². The molecule has 0 saturated heterocycles. The van der Waals surface area contributed by atoms with Crippen molar-refractivity contribution < 1.29 is 19.1 Å². The van der Waals surface area contributed by atoms with Crippen LogP contribution in [0.5, 0.6) is 0 Å². The van der Waals surface area contributed by atoms with E-state index in [1.54, 1.807) is 23.1 Å². The highest BCUT2D eigenvalue weighted by atomic mass is 16.4. The maximum Gasteiger partial charge on any atom is 0.336 e. The zero-order valence-electron chi connectivity index (χ0n) is 31.9. The SMILES string of the molecule is CN(C)c1ccc2c(-c3cc(C(=O)NCCCn4cc(-c5cccc(Nc6ncnc7ccccc67)c5)nn4)ccc3C(=O)O)c3ccc(=[N+](C)C)cc-3oc2c1. The second-order valence-electron chi connectivity index (χ2n) is 14.1. The Labute approximate surface area is 327 Å². The van der Waals surface area contributed by atoms with E-state index in [9.17, 15) is 14.7 Å². The van der Waals surface area contributed by atoms with Crippen LogP contribution < -0.4 is 25.5 Å². The van der Waals surface area contributed by atoms with E-state index in [1.165, 1.54) is 6.07 Å². The van der Waals surface area contributed by atoms with Crippen LogP contribution in [0.3, 0.4) is 0 Å². The Kier molecular flexibility index (Phi) is 9.86. The minimum absolute atomic E-state index is 0.0829. The molecule has 0 saturated carbocycles. The summed E-state index contributed by atoms with van der Waals surface area (Å²) in [7, 11) is 7.79. The van der Waals surface area contributed by atoms with E-state index in [4.69, 9.17) is 4.42 Å². The van der Waals surface area contributed by atoms with E-state index >= 15 is 0 Å². The number of carbonyl (C=O) groups is 2. The third-order valence-corrected chi connectivity index (χ3v) is 9.86. The van der Waals surface area contributed by atoms with Crippen LogP contribution >= 0.6 is 0 Å². The van der Waals surface area contributed by atoms with Crippen LogP contribution in [0.4, 0.5) is 17.2 Å². The number of hydrogen-bond acceptors (Lipinski definition) is 9. The molecule has 0 spiro atoms. The lowest BCUT2D eigenvalue weighted by molar-refractivity contribution is 0.0697. The fourth-order valence-corrected chi connectivity index (χ4v) is 6.88. The van der Waals surface area contributed by atoms with Crippen LogP contribution in [0.1, 0.15) is 27.1 Å². The first-order valence-electron chi connectivity index (χ1n) is 18.4. The molecule has 0 bridgehead atoms. The van der Waals surface area contributed by atoms with Crippen molar-refractivity contribution in [3.05, 3.63) is 132 Å². The Hall–Kier alpha value is -7.41. The summed E-state index contributed by atoms with van der Waals surface area (Å²) in [6.07, 6.45) is 4.01. The van der Waals surface area contributed by atoms with Gasteiger partial charge in [0.2, 0.25) is 5.36 Å². The summed E-state index contributed by atoms with van der Waals surface area (Å²) in [5, 5.41) is 28.0. The predicted molar refractivity (Wildman–Crippen MR) is 222 cm³/mol. The van der Waals surface area contributed by atoms with E-state index in [0.29, 0.717) is 59.1 Å². The number of nitrogens with zero attached hydrogens (tertiary/aromatic N) is 7. The summed E-state index contributed by atoms with van der Waals surface area (Å²) in [5.41, 5.74) is 7.12. The first kappa shape index (κ1) is 36.6. The molecule has 0 radical (unpaired) electrons. The quantitative estimate of drug-likeness (QED) is 0.0732. The molecule has 1 amide bonds. The molecule has 3 heterocycles. The molecule has 0 unspecified atom stereocenters. The van der Waals surface area contributed by atoms with E-state index in [-0.39, 0.29) is 11.5 Å². The summed E-state index contributed by atoms with van der Waals surface area (Å²) in [6.45, 7) is 0.893. The average molecular weight is 759 g/mol. The molecular formula is C44H40N9O4+. The number of fused-ring (bicyclic) bond motifs is 3. The van der Waals surface area contributed by atoms with E-state index in [1.807, 2.05) is 129 Å². The molecule has 0 atom stereocenters. The molecule has 2 aliphatic rings. The van der Waals surface area contributed by atoms with Crippen molar-refractivity contribution in [1.82, 2.24) is 34.9 Å². The normalized spacial score (nSPS) is 11.2. The molecule has 6 aromatic rings. The standard InChI is InChI=1S/C44H39N9O4/c1-51(2)30-14-17-34-39(23-30)57-40-24-31(52(3)4)15-18-35(40)41(34)36-22-28(13-16-32(36)44(55)56)43(54)45-19-8-20-53-25-38(49-50-53)27-9-7-10-29(21-27)48-42-33-11-5-6-12-37(33)46-26-47-42/h5-7,9-18,21-26H,8,19-20H2,1-4H3,(H2-,45,46,47,48,54,55,56)/p+1. The highest BCUT2D eigenvalue weighted by molar-refractivity contribution is 6.09. The molecule has 13 nitrogen and oxygen atoms in total. The summed E-state index contributed by atoms with van der Waals surface area (Å²) >= 11 is 0. The first-order chi connectivity index (χ1) is 27.6. The molecule has 2 aromatic heterocycles. The fourth-order valence-electron chi connectivity index (χ4n) is 6.88. The van der Waals surface area contributed by atoms with E-state index < -0.39 is 5.97 Å². The number of carbonyl (C=O) groups excluding carboxylic acids is 1. The van der Waals surface area contributed by atoms with Crippen LogP contribution in [0.15, 0.2) is 120 Å². The fraction of sp³-hybridized carbons (Fsp3) is 0.159. The van der Waals surface area contributed by atoms with Gasteiger partial charge in [0.1, 0.15) is 43.3 Å². The number of benzene rings is 5. The third-order valence-electron chi connectivity index (χ3n) is 9.86. The number of hydrogen-bond donors (Lipinski definition) is 3. The zero-order chi connectivity index (χ0) is 39.6. The Morgan fingerprint density at radius 2 is 1.74 bits per heavy atom. The van der Waals surface area contributed by atoms with Gasteiger partial charge in [0.25, 0.3) is 5.91 Å². The number of aryl methyl sites for hydroxylation is 1. The molecule has 0 fully saturated rings. The van der Waals surface area contributed by atoms with Crippen LogP contribution in [-0.2, 0) is 6.54 Å². The van der Waals surface area contributed by atoms with Crippen molar-refractivity contribution in [2.45, 2.75) is 13.0 Å². The summed E-state index contributed by atoms with van der Waals surface area (Å²) < 4.78 is 10.2. The number of rotatable bonds is 11. The van der Waals surface area contributed by atoms with Gasteiger partial charge in [0, 0.05) is 83.7 Å². The lowest BCUT2D eigenvalue weighted by atomic mass is 9.89. The minimum atomic E-state index is -1.09. The Balaban J connectivity index is 0.992. The minimum Gasteiger partial charge on any atom is -0.478 e. The van der Waals surface area contributed by atoms with Crippen LogP contribution in [-0.4, -0.2) is 76.7 Å². The number of carboxylic acid groups (broad SMARTS) is 1. The second kappa shape index (κ2) is 15.4. The van der Waals surface area contributed by atoms with Crippen LogP contribution in [0.25, 0.3) is 55.6 Å². The lowest BCUT2D eigenvalue weighted by Crippen LogP contribution is -2.25. The number of carboxylic acids is 1. The molecular weight excluding hydrogens is 719 g/mol. The van der Waals surface area contributed by atoms with Gasteiger partial charge in [-0.25, -0.2) is 19.3 Å². The molecule has 1 aliphatic carbocycles. The van der Waals surface area contributed by atoms with Gasteiger partial charge in [0.05, 0.1) is 23.3 Å². The van der Waals surface area contributed by atoms with E-state index in [0.717, 1.165) is 44.1 Å². The largest absolute Gasteiger partial charge is 0.478 e. The molecule has 8 rings (SSSR count). The second-order valence-corrected chi connectivity index (χ2v) is 14.1.